The van der Waals surface area contributed by atoms with E-state index in [4.69, 9.17) is 4.74 Å². The van der Waals surface area contributed by atoms with Crippen LogP contribution in [-0.4, -0.2) is 69.3 Å². The van der Waals surface area contributed by atoms with Crippen molar-refractivity contribution < 1.29 is 19.4 Å². The minimum absolute atomic E-state index is 0.239. The van der Waals surface area contributed by atoms with Gasteiger partial charge < -0.3 is 24.2 Å². The molecule has 0 bridgehead atoms. The Morgan fingerprint density at radius 1 is 1.57 bits per heavy atom. The van der Waals surface area contributed by atoms with Crippen LogP contribution in [0.2, 0.25) is 0 Å². The zero-order chi connectivity index (χ0) is 15.6. The van der Waals surface area contributed by atoms with E-state index in [0.29, 0.717) is 13.0 Å². The predicted molar refractivity (Wildman–Crippen MR) is 73.6 cm³/mol. The molecule has 8 heteroatoms. The Morgan fingerprint density at radius 3 is 2.81 bits per heavy atom. The number of imidazole rings is 1. The highest BCUT2D eigenvalue weighted by Crippen LogP contribution is 2.22. The van der Waals surface area contributed by atoms with Gasteiger partial charge in [0.15, 0.2) is 0 Å². The number of aromatic nitrogens is 2. The van der Waals surface area contributed by atoms with Crippen molar-refractivity contribution in [2.45, 2.75) is 25.1 Å². The van der Waals surface area contributed by atoms with Crippen LogP contribution in [0.15, 0.2) is 12.4 Å². The molecule has 2 amide bonds. The molecule has 0 radical (unpaired) electrons. The number of amides is 2. The number of urea groups is 1. The van der Waals surface area contributed by atoms with E-state index in [-0.39, 0.29) is 18.7 Å². The van der Waals surface area contributed by atoms with Crippen molar-refractivity contribution in [2.75, 3.05) is 20.7 Å². The van der Waals surface area contributed by atoms with Gasteiger partial charge in [0.05, 0.1) is 12.6 Å². The number of aliphatic carboxylic acids is 1. The number of rotatable bonds is 4. The summed E-state index contributed by atoms with van der Waals surface area (Å²) in [6, 6.07) is -1.17. The molecule has 116 valence electrons. The summed E-state index contributed by atoms with van der Waals surface area (Å²) >= 11 is 0. The summed E-state index contributed by atoms with van der Waals surface area (Å²) in [6.45, 7) is 0.611. The third-order valence-corrected chi connectivity index (χ3v) is 3.75. The van der Waals surface area contributed by atoms with Gasteiger partial charge in [-0.15, -0.1) is 0 Å². The smallest absolute Gasteiger partial charge is 0.326 e. The van der Waals surface area contributed by atoms with Crippen LogP contribution in [0.25, 0.3) is 0 Å². The fraction of sp³-hybridized carbons (Fsp3) is 0.615. The number of carboxylic acids is 1. The Balaban J connectivity index is 2.07. The molecule has 2 atom stereocenters. The molecular weight excluding hydrogens is 276 g/mol. The summed E-state index contributed by atoms with van der Waals surface area (Å²) in [7, 11) is 5.00. The highest BCUT2D eigenvalue weighted by atomic mass is 16.5. The predicted octanol–water partition coefficient (Wildman–Crippen LogP) is 0.146. The monoisotopic (exact) mass is 296 g/mol. The fourth-order valence-electron chi connectivity index (χ4n) is 2.46. The Morgan fingerprint density at radius 2 is 2.29 bits per heavy atom. The molecule has 2 unspecified atom stereocenters. The second kappa shape index (κ2) is 6.13. The molecule has 0 spiro atoms. The Bertz CT molecular complexity index is 530. The molecule has 2 rings (SSSR count). The number of carbonyl (C=O) groups is 2. The molecule has 0 aromatic carbocycles. The Kier molecular flexibility index (Phi) is 4.46. The maximum atomic E-state index is 12.5. The number of hydrogen-bond donors (Lipinski definition) is 1. The summed E-state index contributed by atoms with van der Waals surface area (Å²) in [5, 5.41) is 9.24. The first-order chi connectivity index (χ1) is 9.93. The highest BCUT2D eigenvalue weighted by Gasteiger charge is 2.40. The number of hydrogen-bond acceptors (Lipinski definition) is 4. The minimum atomic E-state index is -1.01. The van der Waals surface area contributed by atoms with Crippen LogP contribution in [0.4, 0.5) is 4.79 Å². The van der Waals surface area contributed by atoms with Crippen molar-refractivity contribution >= 4 is 12.0 Å². The average molecular weight is 296 g/mol. The molecule has 1 aliphatic rings. The molecule has 21 heavy (non-hydrogen) atoms. The van der Waals surface area contributed by atoms with Crippen molar-refractivity contribution in [1.82, 2.24) is 19.4 Å². The van der Waals surface area contributed by atoms with Gasteiger partial charge in [0, 0.05) is 46.6 Å². The molecule has 8 nitrogen and oxygen atoms in total. The van der Waals surface area contributed by atoms with Crippen LogP contribution >= 0.6 is 0 Å². The largest absolute Gasteiger partial charge is 0.480 e. The molecule has 0 saturated carbocycles. The van der Waals surface area contributed by atoms with Gasteiger partial charge in [-0.2, -0.15) is 0 Å². The van der Waals surface area contributed by atoms with Gasteiger partial charge in [0.25, 0.3) is 0 Å². The lowest BCUT2D eigenvalue weighted by molar-refractivity contribution is -0.141. The number of carbonyl (C=O) groups excluding carboxylic acids is 1. The lowest BCUT2D eigenvalue weighted by Gasteiger charge is -2.27. The number of aryl methyl sites for hydroxylation is 1. The molecule has 1 fully saturated rings. The van der Waals surface area contributed by atoms with Gasteiger partial charge in [-0.1, -0.05) is 0 Å². The maximum absolute atomic E-state index is 12.5. The molecule has 1 aromatic heterocycles. The van der Waals surface area contributed by atoms with Crippen LogP contribution < -0.4 is 0 Å². The summed E-state index contributed by atoms with van der Waals surface area (Å²) in [5.41, 5.74) is 0. The van der Waals surface area contributed by atoms with Crippen LogP contribution in [0, 0.1) is 0 Å². The van der Waals surface area contributed by atoms with Crippen molar-refractivity contribution in [3.8, 4) is 0 Å². The van der Waals surface area contributed by atoms with E-state index in [2.05, 4.69) is 4.98 Å². The van der Waals surface area contributed by atoms with Crippen LogP contribution in [0.3, 0.4) is 0 Å². The number of ether oxygens (including phenoxy) is 1. The van der Waals surface area contributed by atoms with E-state index in [0.717, 1.165) is 5.82 Å². The van der Waals surface area contributed by atoms with Crippen molar-refractivity contribution in [3.05, 3.63) is 18.2 Å². The van der Waals surface area contributed by atoms with E-state index >= 15 is 0 Å². The van der Waals surface area contributed by atoms with Gasteiger partial charge in [-0.3, -0.25) is 0 Å². The van der Waals surface area contributed by atoms with Crippen LogP contribution in [0.1, 0.15) is 12.2 Å². The normalized spacial score (nSPS) is 21.6. The SMILES string of the molecule is COC1CC(C(=O)O)N(C(=O)N(C)Cc2nccn2C)C1. The second-order valence-electron chi connectivity index (χ2n) is 5.19. The molecule has 1 saturated heterocycles. The quantitative estimate of drug-likeness (QED) is 0.854. The number of methoxy groups -OCH3 is 1. The lowest BCUT2D eigenvalue weighted by atomic mass is 10.2. The van der Waals surface area contributed by atoms with E-state index in [1.165, 1.54) is 16.9 Å². The van der Waals surface area contributed by atoms with E-state index < -0.39 is 12.0 Å². The first kappa shape index (κ1) is 15.3. The fourth-order valence-corrected chi connectivity index (χ4v) is 2.46. The van der Waals surface area contributed by atoms with Crippen molar-refractivity contribution in [3.63, 3.8) is 0 Å². The number of nitrogens with zero attached hydrogens (tertiary/aromatic N) is 4. The first-order valence-electron chi connectivity index (χ1n) is 6.67. The van der Waals surface area contributed by atoms with Crippen molar-refractivity contribution in [1.29, 1.82) is 0 Å². The van der Waals surface area contributed by atoms with Gasteiger partial charge in [-0.05, 0) is 0 Å². The zero-order valence-electron chi connectivity index (χ0n) is 12.4. The minimum Gasteiger partial charge on any atom is -0.480 e. The van der Waals surface area contributed by atoms with Gasteiger partial charge in [0.2, 0.25) is 0 Å². The summed E-state index contributed by atoms with van der Waals surface area (Å²) in [6.07, 6.45) is 3.53. The molecule has 1 aromatic rings. The van der Waals surface area contributed by atoms with Crippen molar-refractivity contribution in [2.24, 2.45) is 7.05 Å². The Hall–Kier alpha value is -2.09. The third kappa shape index (κ3) is 3.15. The van der Waals surface area contributed by atoms with E-state index in [9.17, 15) is 14.7 Å². The van der Waals surface area contributed by atoms with E-state index in [1.807, 2.05) is 11.6 Å². The molecule has 2 heterocycles. The van der Waals surface area contributed by atoms with Gasteiger partial charge >= 0.3 is 12.0 Å². The van der Waals surface area contributed by atoms with Crippen LogP contribution in [0.5, 0.6) is 0 Å². The molecule has 0 aliphatic carbocycles. The first-order valence-corrected chi connectivity index (χ1v) is 6.67. The second-order valence-corrected chi connectivity index (χ2v) is 5.19. The number of carboxylic acid groups (broad SMARTS) is 1. The third-order valence-electron chi connectivity index (χ3n) is 3.75. The van der Waals surface area contributed by atoms with Crippen LogP contribution in [-0.2, 0) is 23.1 Å². The highest BCUT2D eigenvalue weighted by molar-refractivity contribution is 5.83. The summed E-state index contributed by atoms with van der Waals surface area (Å²) in [5.74, 6) is -0.270. The number of likely N-dealkylation sites (tertiary alicyclic amines) is 1. The zero-order valence-corrected chi connectivity index (χ0v) is 12.4. The molecular formula is C13H20N4O4. The molecule has 1 aliphatic heterocycles. The topological polar surface area (TPSA) is 87.9 Å². The lowest BCUT2D eigenvalue weighted by Crippen LogP contribution is -2.46. The average Bonchev–Trinajstić information content (AvgIpc) is 3.05. The maximum Gasteiger partial charge on any atom is 0.326 e. The standard InChI is InChI=1S/C13H20N4O4/c1-15-5-4-14-11(15)8-16(2)13(20)17-7-9(21-3)6-10(17)12(18)19/h4-5,9-10H,6-8H2,1-3H3,(H,18,19). The van der Waals surface area contributed by atoms with Gasteiger partial charge in [-0.25, -0.2) is 14.6 Å². The summed E-state index contributed by atoms with van der Waals surface area (Å²) < 4.78 is 7.00. The Labute approximate surface area is 122 Å². The van der Waals surface area contributed by atoms with Gasteiger partial charge in [0.1, 0.15) is 11.9 Å². The van der Waals surface area contributed by atoms with E-state index in [1.54, 1.807) is 19.4 Å². The molecule has 1 N–H and O–H groups in total. The summed E-state index contributed by atoms with van der Waals surface area (Å²) in [4.78, 5) is 30.7.